The Hall–Kier alpha value is -1.35. The summed E-state index contributed by atoms with van der Waals surface area (Å²) in [6.45, 7) is 4.40. The fourth-order valence-electron chi connectivity index (χ4n) is 2.22. The molecule has 3 heteroatoms. The molecule has 0 amide bonds. The van der Waals surface area contributed by atoms with E-state index < -0.39 is 0 Å². The predicted molar refractivity (Wildman–Crippen MR) is 67.5 cm³/mol. The Balaban J connectivity index is 2.40. The molecule has 3 nitrogen and oxygen atoms in total. The third kappa shape index (κ3) is 1.84. The molecular weight excluding hydrogens is 214 g/mol. The van der Waals surface area contributed by atoms with Crippen molar-refractivity contribution < 1.29 is 9.53 Å². The lowest BCUT2D eigenvalue weighted by Crippen LogP contribution is -2.26. The summed E-state index contributed by atoms with van der Waals surface area (Å²) in [6.07, 6.45) is 1.85. The molecule has 1 aliphatic rings. The molecule has 1 aromatic rings. The van der Waals surface area contributed by atoms with Gasteiger partial charge in [0.25, 0.3) is 0 Å². The van der Waals surface area contributed by atoms with Crippen LogP contribution in [-0.2, 0) is 0 Å². The molecule has 2 rings (SSSR count). The second kappa shape index (κ2) is 4.15. The number of carbonyl (C=O) groups excluding carboxylic acids is 1. The Morgan fingerprint density at radius 2 is 2.00 bits per heavy atom. The van der Waals surface area contributed by atoms with Gasteiger partial charge in [0.2, 0.25) is 0 Å². The normalized spacial score (nSPS) is 16.7. The third-order valence-electron chi connectivity index (χ3n) is 3.93. The maximum atomic E-state index is 12.4. The number of ketones is 1. The molecular formula is C14H19NO2. The van der Waals surface area contributed by atoms with Crippen LogP contribution in [0.5, 0.6) is 5.75 Å². The molecule has 0 unspecified atom stereocenters. The molecule has 2 N–H and O–H groups in total. The van der Waals surface area contributed by atoms with Crippen LogP contribution in [0.3, 0.4) is 0 Å². The molecule has 17 heavy (non-hydrogen) atoms. The summed E-state index contributed by atoms with van der Waals surface area (Å²) in [5.74, 6) is 1.03. The van der Waals surface area contributed by atoms with Crippen molar-refractivity contribution in [2.75, 3.05) is 13.7 Å². The number of ether oxygens (including phenoxy) is 1. The zero-order valence-corrected chi connectivity index (χ0v) is 10.7. The van der Waals surface area contributed by atoms with E-state index in [1.165, 1.54) is 0 Å². The van der Waals surface area contributed by atoms with E-state index in [4.69, 9.17) is 10.5 Å². The topological polar surface area (TPSA) is 52.3 Å². The van der Waals surface area contributed by atoms with Gasteiger partial charge in [0, 0.05) is 17.5 Å². The SMILES string of the molecule is COc1ccc(C(=O)C2(CN)CC2)c(C)c1C. The number of benzene rings is 1. The molecule has 0 bridgehead atoms. The Bertz CT molecular complexity index is 462. The highest BCUT2D eigenvalue weighted by Crippen LogP contribution is 2.47. The van der Waals surface area contributed by atoms with Crippen LogP contribution in [0.15, 0.2) is 12.1 Å². The van der Waals surface area contributed by atoms with Crippen LogP contribution in [0.2, 0.25) is 0 Å². The lowest BCUT2D eigenvalue weighted by atomic mass is 9.90. The zero-order chi connectivity index (χ0) is 12.6. The van der Waals surface area contributed by atoms with E-state index in [2.05, 4.69) is 0 Å². The molecule has 92 valence electrons. The van der Waals surface area contributed by atoms with Gasteiger partial charge in [-0.3, -0.25) is 4.79 Å². The van der Waals surface area contributed by atoms with Crippen molar-refractivity contribution in [1.82, 2.24) is 0 Å². The highest BCUT2D eigenvalue weighted by atomic mass is 16.5. The quantitative estimate of drug-likeness (QED) is 0.811. The van der Waals surface area contributed by atoms with E-state index in [9.17, 15) is 4.79 Å². The van der Waals surface area contributed by atoms with E-state index in [0.717, 1.165) is 35.3 Å². The lowest BCUT2D eigenvalue weighted by molar-refractivity contribution is 0.0905. The van der Waals surface area contributed by atoms with Gasteiger partial charge in [0.05, 0.1) is 7.11 Å². The average molecular weight is 233 g/mol. The molecule has 0 atom stereocenters. The van der Waals surface area contributed by atoms with Crippen molar-refractivity contribution in [2.24, 2.45) is 11.1 Å². The van der Waals surface area contributed by atoms with Crippen molar-refractivity contribution in [3.8, 4) is 5.75 Å². The fourth-order valence-corrected chi connectivity index (χ4v) is 2.22. The number of hydrogen-bond donors (Lipinski definition) is 1. The van der Waals surface area contributed by atoms with Gasteiger partial charge in [-0.05, 0) is 49.9 Å². The summed E-state index contributed by atoms with van der Waals surface area (Å²) < 4.78 is 5.25. The second-order valence-electron chi connectivity index (χ2n) is 4.88. The maximum absolute atomic E-state index is 12.4. The monoisotopic (exact) mass is 233 g/mol. The van der Waals surface area contributed by atoms with E-state index in [-0.39, 0.29) is 11.2 Å². The van der Waals surface area contributed by atoms with Gasteiger partial charge >= 0.3 is 0 Å². The number of carbonyl (C=O) groups is 1. The molecule has 1 saturated carbocycles. The first kappa shape index (κ1) is 12.1. The fraction of sp³-hybridized carbons (Fsp3) is 0.500. The molecule has 0 aliphatic heterocycles. The summed E-state index contributed by atoms with van der Waals surface area (Å²) in [6, 6.07) is 3.72. The number of hydrogen-bond acceptors (Lipinski definition) is 3. The largest absolute Gasteiger partial charge is 0.496 e. The average Bonchev–Trinajstić information content (AvgIpc) is 3.13. The Kier molecular flexibility index (Phi) is 2.96. The van der Waals surface area contributed by atoms with E-state index in [1.54, 1.807) is 7.11 Å². The van der Waals surface area contributed by atoms with Crippen molar-refractivity contribution in [3.05, 3.63) is 28.8 Å². The van der Waals surface area contributed by atoms with E-state index in [0.29, 0.717) is 6.54 Å². The molecule has 0 saturated heterocycles. The van der Waals surface area contributed by atoms with Crippen molar-refractivity contribution in [2.45, 2.75) is 26.7 Å². The van der Waals surface area contributed by atoms with Crippen LogP contribution in [0.25, 0.3) is 0 Å². The first-order chi connectivity index (χ1) is 8.05. The van der Waals surface area contributed by atoms with Crippen LogP contribution in [0.1, 0.15) is 34.3 Å². The Labute approximate surface area is 102 Å². The van der Waals surface area contributed by atoms with Crippen molar-refractivity contribution >= 4 is 5.78 Å². The lowest BCUT2D eigenvalue weighted by Gasteiger charge is -2.16. The zero-order valence-electron chi connectivity index (χ0n) is 10.7. The van der Waals surface area contributed by atoms with Crippen LogP contribution in [0, 0.1) is 19.3 Å². The molecule has 0 radical (unpaired) electrons. The van der Waals surface area contributed by atoms with Crippen LogP contribution >= 0.6 is 0 Å². The molecule has 0 aromatic heterocycles. The van der Waals surface area contributed by atoms with Gasteiger partial charge in [-0.15, -0.1) is 0 Å². The molecule has 0 heterocycles. The van der Waals surface area contributed by atoms with Gasteiger partial charge in [-0.2, -0.15) is 0 Å². The smallest absolute Gasteiger partial charge is 0.170 e. The van der Waals surface area contributed by atoms with Gasteiger partial charge in [0.15, 0.2) is 5.78 Å². The predicted octanol–water partition coefficient (Wildman–Crippen LogP) is 2.23. The minimum absolute atomic E-state index is 0.197. The van der Waals surface area contributed by atoms with Gasteiger partial charge in [-0.1, -0.05) is 0 Å². The summed E-state index contributed by atoms with van der Waals surface area (Å²) >= 11 is 0. The first-order valence-corrected chi connectivity index (χ1v) is 5.95. The van der Waals surface area contributed by atoms with Gasteiger partial charge in [-0.25, -0.2) is 0 Å². The van der Waals surface area contributed by atoms with E-state index in [1.807, 2.05) is 26.0 Å². The van der Waals surface area contributed by atoms with Crippen molar-refractivity contribution in [1.29, 1.82) is 0 Å². The third-order valence-corrected chi connectivity index (χ3v) is 3.93. The summed E-state index contributed by atoms with van der Waals surface area (Å²) in [4.78, 5) is 12.4. The highest BCUT2D eigenvalue weighted by Gasteiger charge is 2.48. The Morgan fingerprint density at radius 1 is 1.35 bits per heavy atom. The molecule has 1 aliphatic carbocycles. The number of Topliss-reactive ketones (excluding diaryl/α,β-unsaturated/α-hetero) is 1. The van der Waals surface area contributed by atoms with E-state index >= 15 is 0 Å². The minimum atomic E-state index is -0.272. The number of rotatable bonds is 4. The second-order valence-corrected chi connectivity index (χ2v) is 4.88. The number of methoxy groups -OCH3 is 1. The standard InChI is InChI=1S/C14H19NO2/c1-9-10(2)12(17-3)5-4-11(9)13(16)14(8-15)6-7-14/h4-5H,6-8,15H2,1-3H3. The maximum Gasteiger partial charge on any atom is 0.170 e. The minimum Gasteiger partial charge on any atom is -0.496 e. The van der Waals surface area contributed by atoms with Crippen LogP contribution in [0.4, 0.5) is 0 Å². The van der Waals surface area contributed by atoms with Crippen LogP contribution in [-0.4, -0.2) is 19.4 Å². The summed E-state index contributed by atoms with van der Waals surface area (Å²) in [5, 5.41) is 0. The molecule has 0 spiro atoms. The van der Waals surface area contributed by atoms with Gasteiger partial charge in [0.1, 0.15) is 5.75 Å². The molecule has 1 aromatic carbocycles. The van der Waals surface area contributed by atoms with Crippen molar-refractivity contribution in [3.63, 3.8) is 0 Å². The van der Waals surface area contributed by atoms with Crippen LogP contribution < -0.4 is 10.5 Å². The summed E-state index contributed by atoms with van der Waals surface area (Å²) in [5.41, 5.74) is 8.27. The van der Waals surface area contributed by atoms with Gasteiger partial charge < -0.3 is 10.5 Å². The highest BCUT2D eigenvalue weighted by molar-refractivity contribution is 6.04. The number of nitrogens with two attached hydrogens (primary N) is 1. The Morgan fingerprint density at radius 3 is 2.47 bits per heavy atom. The summed E-state index contributed by atoms with van der Waals surface area (Å²) in [7, 11) is 1.64. The molecule has 1 fully saturated rings. The first-order valence-electron chi connectivity index (χ1n) is 5.95.